The average molecular weight is 333 g/mol. The van der Waals surface area contributed by atoms with Crippen molar-refractivity contribution < 1.29 is 4.79 Å². The largest absolute Gasteiger partial charge is 0.326 e. The molecule has 114 valence electrons. The van der Waals surface area contributed by atoms with Crippen LogP contribution in [-0.2, 0) is 13.6 Å². The third-order valence-electron chi connectivity index (χ3n) is 3.05. The zero-order chi connectivity index (χ0) is 15.7. The van der Waals surface area contributed by atoms with Gasteiger partial charge in [-0.05, 0) is 19.1 Å². The Morgan fingerprint density at radius 1 is 1.41 bits per heavy atom. The van der Waals surface area contributed by atoms with E-state index in [0.29, 0.717) is 23.8 Å². The highest BCUT2D eigenvalue weighted by atomic mass is 32.2. The second-order valence-corrected chi connectivity index (χ2v) is 6.93. The molecule has 0 aromatic carbocycles. The highest BCUT2D eigenvalue weighted by Gasteiger charge is 2.14. The molecule has 0 atom stereocenters. The summed E-state index contributed by atoms with van der Waals surface area (Å²) in [6.45, 7) is 2.29. The molecular formula is C14H15N5OS2. The molecule has 0 aliphatic carbocycles. The van der Waals surface area contributed by atoms with E-state index in [1.54, 1.807) is 4.68 Å². The lowest BCUT2D eigenvalue weighted by atomic mass is 10.3. The Morgan fingerprint density at radius 3 is 2.95 bits per heavy atom. The first-order valence-electron chi connectivity index (χ1n) is 6.69. The first kappa shape index (κ1) is 15.1. The van der Waals surface area contributed by atoms with E-state index in [-0.39, 0.29) is 5.78 Å². The van der Waals surface area contributed by atoms with Crippen molar-refractivity contribution in [1.82, 2.24) is 19.7 Å². The summed E-state index contributed by atoms with van der Waals surface area (Å²) in [5.41, 5.74) is 6.24. The van der Waals surface area contributed by atoms with Crippen LogP contribution in [0.25, 0.3) is 11.0 Å². The van der Waals surface area contributed by atoms with Crippen LogP contribution >= 0.6 is 23.1 Å². The fourth-order valence-electron chi connectivity index (χ4n) is 2.05. The Balaban J connectivity index is 1.80. The number of aryl methyl sites for hydroxylation is 2. The zero-order valence-electron chi connectivity index (χ0n) is 12.2. The van der Waals surface area contributed by atoms with E-state index in [9.17, 15) is 4.79 Å². The van der Waals surface area contributed by atoms with Crippen molar-refractivity contribution in [3.8, 4) is 0 Å². The van der Waals surface area contributed by atoms with Gasteiger partial charge >= 0.3 is 0 Å². The van der Waals surface area contributed by atoms with E-state index in [2.05, 4.69) is 15.1 Å². The number of aromatic nitrogens is 4. The molecule has 2 N–H and O–H groups in total. The fraction of sp³-hybridized carbons (Fsp3) is 0.286. The number of thiophene rings is 1. The van der Waals surface area contributed by atoms with Crippen LogP contribution in [0.4, 0.5) is 0 Å². The lowest BCUT2D eigenvalue weighted by molar-refractivity contribution is 0.102. The topological polar surface area (TPSA) is 86.7 Å². The number of carbonyl (C=O) groups excluding carboxylic acids is 1. The molecule has 3 aromatic heterocycles. The van der Waals surface area contributed by atoms with Crippen molar-refractivity contribution in [3.05, 3.63) is 33.9 Å². The number of fused-ring (bicyclic) bond motifs is 1. The maximum Gasteiger partial charge on any atom is 0.185 e. The molecule has 3 heterocycles. The van der Waals surface area contributed by atoms with E-state index in [1.165, 1.54) is 23.1 Å². The van der Waals surface area contributed by atoms with Crippen molar-refractivity contribution >= 4 is 39.9 Å². The summed E-state index contributed by atoms with van der Waals surface area (Å²) >= 11 is 2.87. The van der Waals surface area contributed by atoms with Crippen LogP contribution in [0.15, 0.2) is 23.4 Å². The number of nitrogens with two attached hydrogens (primary N) is 1. The van der Waals surface area contributed by atoms with Crippen molar-refractivity contribution in [1.29, 1.82) is 0 Å². The Labute approximate surface area is 135 Å². The van der Waals surface area contributed by atoms with Gasteiger partial charge in [0.25, 0.3) is 0 Å². The van der Waals surface area contributed by atoms with E-state index in [4.69, 9.17) is 5.73 Å². The molecule has 0 amide bonds. The first-order chi connectivity index (χ1) is 10.6. The second kappa shape index (κ2) is 6.15. The van der Waals surface area contributed by atoms with Gasteiger partial charge in [0.2, 0.25) is 0 Å². The number of rotatable bonds is 5. The summed E-state index contributed by atoms with van der Waals surface area (Å²) in [6, 6.07) is 3.73. The maximum atomic E-state index is 12.3. The molecule has 0 aliphatic rings. The molecule has 3 aromatic rings. The molecule has 0 spiro atoms. The van der Waals surface area contributed by atoms with Crippen LogP contribution < -0.4 is 5.73 Å². The van der Waals surface area contributed by atoms with Gasteiger partial charge in [-0.15, -0.1) is 11.3 Å². The Hall–Kier alpha value is -1.77. The van der Waals surface area contributed by atoms with Gasteiger partial charge in [0.15, 0.2) is 11.4 Å². The molecule has 22 heavy (non-hydrogen) atoms. The van der Waals surface area contributed by atoms with E-state index in [0.717, 1.165) is 20.2 Å². The Morgan fingerprint density at radius 2 is 2.23 bits per heavy atom. The van der Waals surface area contributed by atoms with Crippen LogP contribution in [0, 0.1) is 6.92 Å². The summed E-state index contributed by atoms with van der Waals surface area (Å²) in [5.74, 6) is 1.08. The first-order valence-corrected chi connectivity index (χ1v) is 8.50. The predicted octanol–water partition coefficient (Wildman–Crippen LogP) is 2.17. The number of thioether (sulfide) groups is 1. The van der Waals surface area contributed by atoms with Crippen molar-refractivity contribution in [2.45, 2.75) is 18.5 Å². The average Bonchev–Trinajstić information content (AvgIpc) is 3.09. The number of Topliss-reactive ketones (excluding diaryl/α,β-unsaturated/α-hetero) is 1. The molecule has 0 unspecified atom stereocenters. The molecule has 3 rings (SSSR count). The second-order valence-electron chi connectivity index (χ2n) is 4.80. The van der Waals surface area contributed by atoms with Gasteiger partial charge in [-0.2, -0.15) is 5.10 Å². The molecular weight excluding hydrogens is 318 g/mol. The third kappa shape index (κ3) is 3.03. The summed E-state index contributed by atoms with van der Waals surface area (Å²) < 4.78 is 1.71. The quantitative estimate of drug-likeness (QED) is 0.437. The molecule has 8 heteroatoms. The molecule has 0 fully saturated rings. The number of hydrogen-bond donors (Lipinski definition) is 1. The van der Waals surface area contributed by atoms with Crippen LogP contribution in [0.1, 0.15) is 20.4 Å². The molecule has 0 saturated heterocycles. The van der Waals surface area contributed by atoms with Gasteiger partial charge in [-0.3, -0.25) is 9.48 Å². The van der Waals surface area contributed by atoms with Crippen molar-refractivity contribution in [3.63, 3.8) is 0 Å². The Kier molecular flexibility index (Phi) is 4.23. The van der Waals surface area contributed by atoms with Crippen LogP contribution in [0.2, 0.25) is 0 Å². The van der Waals surface area contributed by atoms with Crippen molar-refractivity contribution in [2.24, 2.45) is 12.8 Å². The van der Waals surface area contributed by atoms with Gasteiger partial charge in [0.1, 0.15) is 10.9 Å². The smallest absolute Gasteiger partial charge is 0.185 e. The maximum absolute atomic E-state index is 12.3. The molecule has 0 bridgehead atoms. The molecule has 0 radical (unpaired) electrons. The standard InChI is InChI=1S/C14H15N5OS2/c1-8-16-13-10(6-19(2)18-13)14(17-8)21-7-11(20)12-4-3-9(5-15)22-12/h3-4,6H,5,7,15H2,1-2H3. The van der Waals surface area contributed by atoms with E-state index < -0.39 is 0 Å². The number of hydrogen-bond acceptors (Lipinski definition) is 7. The van der Waals surface area contributed by atoms with Gasteiger partial charge in [0, 0.05) is 24.7 Å². The minimum atomic E-state index is 0.0861. The zero-order valence-corrected chi connectivity index (χ0v) is 13.9. The lowest BCUT2D eigenvalue weighted by Crippen LogP contribution is -2.01. The van der Waals surface area contributed by atoms with Crippen LogP contribution in [-0.4, -0.2) is 31.3 Å². The summed E-state index contributed by atoms with van der Waals surface area (Å²) in [6.07, 6.45) is 1.87. The monoisotopic (exact) mass is 333 g/mol. The Bertz CT molecular complexity index is 839. The predicted molar refractivity (Wildman–Crippen MR) is 88.3 cm³/mol. The summed E-state index contributed by atoms with van der Waals surface area (Å²) in [7, 11) is 1.84. The van der Waals surface area contributed by atoms with E-state index in [1.807, 2.05) is 32.3 Å². The minimum Gasteiger partial charge on any atom is -0.326 e. The van der Waals surface area contributed by atoms with Gasteiger partial charge in [-0.25, -0.2) is 9.97 Å². The number of carbonyl (C=O) groups is 1. The minimum absolute atomic E-state index is 0.0861. The van der Waals surface area contributed by atoms with Gasteiger partial charge in [-0.1, -0.05) is 11.8 Å². The van der Waals surface area contributed by atoms with Crippen LogP contribution in [0.3, 0.4) is 0 Å². The third-order valence-corrected chi connectivity index (χ3v) is 5.19. The molecule has 6 nitrogen and oxygen atoms in total. The summed E-state index contributed by atoms with van der Waals surface area (Å²) in [5, 5.41) is 5.96. The SMILES string of the molecule is Cc1nc(SCC(=O)c2ccc(CN)s2)c2cn(C)nc2n1. The lowest BCUT2D eigenvalue weighted by Gasteiger charge is -2.02. The number of nitrogens with zero attached hydrogens (tertiary/aromatic N) is 4. The normalized spacial score (nSPS) is 11.2. The van der Waals surface area contributed by atoms with Gasteiger partial charge < -0.3 is 5.73 Å². The van der Waals surface area contributed by atoms with Crippen molar-refractivity contribution in [2.75, 3.05) is 5.75 Å². The highest BCUT2D eigenvalue weighted by Crippen LogP contribution is 2.26. The van der Waals surface area contributed by atoms with Gasteiger partial charge in [0.05, 0.1) is 16.0 Å². The fourth-order valence-corrected chi connectivity index (χ4v) is 3.88. The molecule has 0 saturated carbocycles. The summed E-state index contributed by atoms with van der Waals surface area (Å²) in [4.78, 5) is 22.7. The number of ketones is 1. The highest BCUT2D eigenvalue weighted by molar-refractivity contribution is 8.00. The molecule has 0 aliphatic heterocycles. The van der Waals surface area contributed by atoms with Crippen LogP contribution in [0.5, 0.6) is 0 Å². The van der Waals surface area contributed by atoms with E-state index >= 15 is 0 Å².